The summed E-state index contributed by atoms with van der Waals surface area (Å²) in [5.74, 6) is 0. The Morgan fingerprint density at radius 1 is 1.10 bits per heavy atom. The molecule has 1 aliphatic rings. The van der Waals surface area contributed by atoms with Gasteiger partial charge in [0, 0.05) is 32.7 Å². The van der Waals surface area contributed by atoms with Crippen LogP contribution in [0.1, 0.15) is 32.1 Å². The van der Waals surface area contributed by atoms with E-state index in [0.29, 0.717) is 0 Å². The van der Waals surface area contributed by atoms with Gasteiger partial charge in [0.05, 0.1) is 0 Å². The van der Waals surface area contributed by atoms with E-state index in [2.05, 4.69) is 12.4 Å². The van der Waals surface area contributed by atoms with Crippen LogP contribution >= 0.6 is 0 Å². The molecule has 1 aliphatic carbocycles. The standard InChI is InChI=1S/C7H14N.CH3.Y/c1-8-7-5-3-2-4-6-7;;/h7-8H,1-6H2;1H3;/q2*-1;. The largest absolute Gasteiger partial charge is 0.470 e. The minimum atomic E-state index is 0. The fourth-order valence-electron chi connectivity index (χ4n) is 1.31. The van der Waals surface area contributed by atoms with Crippen molar-refractivity contribution in [3.8, 4) is 0 Å². The Bertz CT molecular complexity index is 60.3. The second-order valence-electron chi connectivity index (χ2n) is 2.54. The zero-order valence-corrected chi connectivity index (χ0v) is 9.74. The second-order valence-corrected chi connectivity index (χ2v) is 2.54. The molecule has 1 saturated carbocycles. The number of nitrogens with one attached hydrogen (secondary N) is 1. The van der Waals surface area contributed by atoms with Crippen molar-refractivity contribution >= 4 is 0 Å². The third-order valence-electron chi connectivity index (χ3n) is 1.89. The Kier molecular flexibility index (Phi) is 11.1. The van der Waals surface area contributed by atoms with Gasteiger partial charge in [-0.25, -0.2) is 0 Å². The molecule has 0 heterocycles. The molecule has 0 aliphatic heterocycles. The molecule has 1 nitrogen and oxygen atoms in total. The van der Waals surface area contributed by atoms with Crippen molar-refractivity contribution in [2.24, 2.45) is 0 Å². The van der Waals surface area contributed by atoms with Gasteiger partial charge in [0.2, 0.25) is 0 Å². The van der Waals surface area contributed by atoms with Crippen LogP contribution in [-0.4, -0.2) is 6.04 Å². The van der Waals surface area contributed by atoms with Crippen molar-refractivity contribution in [3.63, 3.8) is 0 Å². The summed E-state index contributed by atoms with van der Waals surface area (Å²) in [6, 6.07) is 0.726. The predicted octanol–water partition coefficient (Wildman–Crippen LogP) is 2.15. The van der Waals surface area contributed by atoms with Gasteiger partial charge in [-0.05, 0) is 18.9 Å². The summed E-state index contributed by atoms with van der Waals surface area (Å²) in [4.78, 5) is 0. The van der Waals surface area contributed by atoms with Gasteiger partial charge >= 0.3 is 0 Å². The summed E-state index contributed by atoms with van der Waals surface area (Å²) >= 11 is 0. The summed E-state index contributed by atoms with van der Waals surface area (Å²) in [6.45, 7) is 0. The maximum Gasteiger partial charge on any atom is 0 e. The third kappa shape index (κ3) is 4.81. The van der Waals surface area contributed by atoms with Crippen molar-refractivity contribution in [2.45, 2.75) is 38.1 Å². The third-order valence-corrected chi connectivity index (χ3v) is 1.89. The average Bonchev–Trinajstić information content (AvgIpc) is 1.90. The van der Waals surface area contributed by atoms with Gasteiger partial charge in [-0.15, -0.1) is 0 Å². The SMILES string of the molecule is [CH2-]NC1CCCCC1.[CH3-].[Y]. The molecule has 1 fully saturated rings. The summed E-state index contributed by atoms with van der Waals surface area (Å²) < 4.78 is 0. The molecule has 59 valence electrons. The first kappa shape index (κ1) is 13.6. The van der Waals surface area contributed by atoms with Crippen LogP contribution in [0.15, 0.2) is 0 Å². The predicted molar refractivity (Wildman–Crippen MR) is 41.8 cm³/mol. The zero-order chi connectivity index (χ0) is 5.82. The Balaban J connectivity index is 0. The van der Waals surface area contributed by atoms with Gasteiger partial charge in [0.15, 0.2) is 0 Å². The van der Waals surface area contributed by atoms with Crippen LogP contribution in [0.25, 0.3) is 0 Å². The van der Waals surface area contributed by atoms with Crippen LogP contribution in [0.3, 0.4) is 0 Å². The molecule has 0 spiro atoms. The number of hydrogen-bond acceptors (Lipinski definition) is 1. The molecule has 0 saturated heterocycles. The maximum absolute atomic E-state index is 3.66. The van der Waals surface area contributed by atoms with Gasteiger partial charge in [0.1, 0.15) is 0 Å². The summed E-state index contributed by atoms with van der Waals surface area (Å²) in [5, 5.41) is 3.05. The average molecular weight is 216 g/mol. The summed E-state index contributed by atoms with van der Waals surface area (Å²) in [7, 11) is 3.66. The first-order chi connectivity index (χ1) is 3.93. The smallest absolute Gasteiger partial charge is 0 e. The summed E-state index contributed by atoms with van der Waals surface area (Å²) in [5.41, 5.74) is 0. The van der Waals surface area contributed by atoms with Crippen LogP contribution in [-0.2, 0) is 32.7 Å². The van der Waals surface area contributed by atoms with Crippen molar-refractivity contribution in [3.05, 3.63) is 14.5 Å². The second kappa shape index (κ2) is 8.16. The first-order valence-electron chi connectivity index (χ1n) is 3.46. The Morgan fingerprint density at radius 3 is 1.90 bits per heavy atom. The number of rotatable bonds is 1. The van der Waals surface area contributed by atoms with Gasteiger partial charge in [-0.1, -0.05) is 19.3 Å². The van der Waals surface area contributed by atoms with E-state index >= 15 is 0 Å². The van der Waals surface area contributed by atoms with E-state index < -0.39 is 0 Å². The van der Waals surface area contributed by atoms with E-state index in [9.17, 15) is 0 Å². The van der Waals surface area contributed by atoms with Crippen molar-refractivity contribution in [1.82, 2.24) is 5.32 Å². The van der Waals surface area contributed by atoms with Crippen molar-refractivity contribution < 1.29 is 32.7 Å². The van der Waals surface area contributed by atoms with Gasteiger partial charge in [-0.3, -0.25) is 7.05 Å². The molecule has 1 rings (SSSR count). The molecule has 0 aromatic carbocycles. The summed E-state index contributed by atoms with van der Waals surface area (Å²) in [6.07, 6.45) is 6.89. The fraction of sp³-hybridized carbons (Fsp3) is 0.750. The van der Waals surface area contributed by atoms with Crippen LogP contribution < -0.4 is 5.32 Å². The topological polar surface area (TPSA) is 12.0 Å². The Morgan fingerprint density at radius 2 is 1.60 bits per heavy atom. The molecule has 0 atom stereocenters. The molecule has 0 bridgehead atoms. The molecule has 0 aromatic rings. The fourth-order valence-corrected chi connectivity index (χ4v) is 1.31. The van der Waals surface area contributed by atoms with Gasteiger partial charge in [0.25, 0.3) is 0 Å². The van der Waals surface area contributed by atoms with Crippen LogP contribution in [0.5, 0.6) is 0 Å². The quantitative estimate of drug-likeness (QED) is 0.662. The minimum Gasteiger partial charge on any atom is -0.470 e. The minimum absolute atomic E-state index is 0. The van der Waals surface area contributed by atoms with Crippen LogP contribution in [0.2, 0.25) is 0 Å². The Labute approximate surface area is 90.2 Å². The molecular formula is C8H17NY-2. The van der Waals surface area contributed by atoms with Crippen molar-refractivity contribution in [1.29, 1.82) is 0 Å². The first-order valence-corrected chi connectivity index (χ1v) is 3.46. The van der Waals surface area contributed by atoms with E-state index in [4.69, 9.17) is 0 Å². The van der Waals surface area contributed by atoms with E-state index in [1.807, 2.05) is 0 Å². The van der Waals surface area contributed by atoms with Gasteiger partial charge in [-0.2, -0.15) is 0 Å². The van der Waals surface area contributed by atoms with Crippen LogP contribution in [0.4, 0.5) is 0 Å². The van der Waals surface area contributed by atoms with Crippen molar-refractivity contribution in [2.75, 3.05) is 0 Å². The van der Waals surface area contributed by atoms with E-state index in [0.717, 1.165) is 6.04 Å². The molecule has 0 unspecified atom stereocenters. The van der Waals surface area contributed by atoms with E-state index in [1.165, 1.54) is 32.1 Å². The molecular weight excluding hydrogens is 199 g/mol. The molecule has 1 N–H and O–H groups in total. The van der Waals surface area contributed by atoms with E-state index in [1.54, 1.807) is 0 Å². The maximum atomic E-state index is 3.66. The molecule has 0 aromatic heterocycles. The number of hydrogen-bond donors (Lipinski definition) is 1. The van der Waals surface area contributed by atoms with Gasteiger partial charge < -0.3 is 12.7 Å². The molecule has 10 heavy (non-hydrogen) atoms. The monoisotopic (exact) mass is 216 g/mol. The van der Waals surface area contributed by atoms with Crippen LogP contribution in [0, 0.1) is 14.5 Å². The Hall–Kier alpha value is 1.06. The molecule has 0 amide bonds. The van der Waals surface area contributed by atoms with E-state index in [-0.39, 0.29) is 40.1 Å². The molecule has 1 radical (unpaired) electrons. The normalized spacial score (nSPS) is 18.9. The molecule has 2 heteroatoms. The zero-order valence-electron chi connectivity index (χ0n) is 6.90.